The second kappa shape index (κ2) is 7.05. The number of hydrogen-bond acceptors (Lipinski definition) is 2. The Bertz CT molecular complexity index is 425. The zero-order valence-corrected chi connectivity index (χ0v) is 17.3. The fourth-order valence-electron chi connectivity index (χ4n) is 4.13. The van der Waals surface area contributed by atoms with Gasteiger partial charge in [-0.25, -0.2) is 0 Å². The van der Waals surface area contributed by atoms with E-state index in [2.05, 4.69) is 41.5 Å². The van der Waals surface area contributed by atoms with Gasteiger partial charge in [0.2, 0.25) is 0 Å². The average molecular weight is 343 g/mol. The standard InChI is InChI=1S/C20H38O4/c1-13(11-17(3,4)5)19(9,15(21)22)20(10,16(23)24)14(2)12-18(6,7)8/h13-14H,11-12H2,1-10H3,(H,21,22)(H,23,24). The smallest absolute Gasteiger partial charge is 0.310 e. The van der Waals surface area contributed by atoms with Gasteiger partial charge < -0.3 is 10.2 Å². The van der Waals surface area contributed by atoms with Crippen molar-refractivity contribution in [2.45, 2.75) is 82.1 Å². The highest BCUT2D eigenvalue weighted by molar-refractivity contribution is 5.86. The van der Waals surface area contributed by atoms with Crippen LogP contribution in [0.3, 0.4) is 0 Å². The molecule has 0 aliphatic rings. The first kappa shape index (κ1) is 22.9. The van der Waals surface area contributed by atoms with E-state index in [0.29, 0.717) is 12.8 Å². The van der Waals surface area contributed by atoms with E-state index in [1.54, 1.807) is 13.8 Å². The molecule has 0 fully saturated rings. The maximum absolute atomic E-state index is 12.3. The normalized spacial score (nSPS) is 20.6. The Morgan fingerprint density at radius 2 is 0.875 bits per heavy atom. The average Bonchev–Trinajstić information content (AvgIpc) is 2.31. The summed E-state index contributed by atoms with van der Waals surface area (Å²) in [5.74, 6) is -2.58. The van der Waals surface area contributed by atoms with Crippen LogP contribution < -0.4 is 0 Å². The molecule has 4 unspecified atom stereocenters. The van der Waals surface area contributed by atoms with Crippen molar-refractivity contribution in [1.29, 1.82) is 0 Å². The topological polar surface area (TPSA) is 74.6 Å². The highest BCUT2D eigenvalue weighted by atomic mass is 16.4. The van der Waals surface area contributed by atoms with Gasteiger partial charge in [0, 0.05) is 0 Å². The highest BCUT2D eigenvalue weighted by Gasteiger charge is 2.61. The molecule has 0 bridgehead atoms. The fraction of sp³-hybridized carbons (Fsp3) is 0.900. The monoisotopic (exact) mass is 342 g/mol. The Morgan fingerprint density at radius 1 is 0.667 bits per heavy atom. The van der Waals surface area contributed by atoms with Gasteiger partial charge in [-0.05, 0) is 49.4 Å². The summed E-state index contributed by atoms with van der Waals surface area (Å²) >= 11 is 0. The number of hydrogen-bond donors (Lipinski definition) is 2. The van der Waals surface area contributed by atoms with Crippen LogP contribution in [0, 0.1) is 33.5 Å². The predicted molar refractivity (Wildman–Crippen MR) is 98.0 cm³/mol. The van der Waals surface area contributed by atoms with Crippen LogP contribution in [-0.2, 0) is 9.59 Å². The first-order valence-electron chi connectivity index (χ1n) is 8.86. The summed E-state index contributed by atoms with van der Waals surface area (Å²) in [6, 6.07) is 0. The van der Waals surface area contributed by atoms with E-state index in [1.807, 2.05) is 13.8 Å². The SMILES string of the molecule is CC(CC(C)(C)C)C(C)(C(=O)O)C(C)(C(=O)O)C(C)CC(C)(C)C. The minimum atomic E-state index is -1.35. The Hall–Kier alpha value is -1.06. The molecule has 0 aromatic carbocycles. The second-order valence-electron chi connectivity index (χ2n) is 10.3. The Kier molecular flexibility index (Phi) is 6.74. The van der Waals surface area contributed by atoms with Crippen molar-refractivity contribution in [3.8, 4) is 0 Å². The summed E-state index contributed by atoms with van der Waals surface area (Å²) in [4.78, 5) is 24.6. The van der Waals surface area contributed by atoms with Crippen LogP contribution in [0.25, 0.3) is 0 Å². The summed E-state index contributed by atoms with van der Waals surface area (Å²) in [7, 11) is 0. The Labute approximate surface area is 148 Å². The minimum absolute atomic E-state index is 0.0667. The largest absolute Gasteiger partial charge is 0.481 e. The van der Waals surface area contributed by atoms with Crippen LogP contribution >= 0.6 is 0 Å². The van der Waals surface area contributed by atoms with E-state index < -0.39 is 22.8 Å². The van der Waals surface area contributed by atoms with E-state index >= 15 is 0 Å². The molecule has 4 nitrogen and oxygen atoms in total. The van der Waals surface area contributed by atoms with Gasteiger partial charge in [0.25, 0.3) is 0 Å². The Balaban J connectivity index is 6.18. The predicted octanol–water partition coefficient (Wildman–Crippen LogP) is 5.31. The first-order valence-corrected chi connectivity index (χ1v) is 8.86. The van der Waals surface area contributed by atoms with Gasteiger partial charge in [-0.1, -0.05) is 55.4 Å². The molecule has 2 N–H and O–H groups in total. The molecule has 4 atom stereocenters. The summed E-state index contributed by atoms with van der Waals surface area (Å²) in [6.07, 6.45) is 1.31. The zero-order valence-electron chi connectivity index (χ0n) is 17.3. The summed E-state index contributed by atoms with van der Waals surface area (Å²) in [6.45, 7) is 19.4. The van der Waals surface area contributed by atoms with Crippen molar-refractivity contribution in [3.63, 3.8) is 0 Å². The number of carboxylic acid groups (broad SMARTS) is 2. The summed E-state index contributed by atoms with van der Waals surface area (Å²) < 4.78 is 0. The Morgan fingerprint density at radius 3 is 1.00 bits per heavy atom. The van der Waals surface area contributed by atoms with Crippen LogP contribution in [0.1, 0.15) is 82.1 Å². The van der Waals surface area contributed by atoms with Crippen molar-refractivity contribution in [1.82, 2.24) is 0 Å². The summed E-state index contributed by atoms with van der Waals surface area (Å²) in [5, 5.41) is 20.1. The number of rotatable bonds is 7. The van der Waals surface area contributed by atoms with Gasteiger partial charge in [-0.15, -0.1) is 0 Å². The lowest BCUT2D eigenvalue weighted by Crippen LogP contribution is -2.56. The molecule has 0 aliphatic carbocycles. The molecule has 0 aromatic rings. The van der Waals surface area contributed by atoms with Gasteiger partial charge in [0.15, 0.2) is 0 Å². The van der Waals surface area contributed by atoms with E-state index in [9.17, 15) is 19.8 Å². The van der Waals surface area contributed by atoms with Crippen molar-refractivity contribution in [2.75, 3.05) is 0 Å². The van der Waals surface area contributed by atoms with E-state index in [-0.39, 0.29) is 22.7 Å². The van der Waals surface area contributed by atoms with E-state index in [4.69, 9.17) is 0 Å². The van der Waals surface area contributed by atoms with Crippen LogP contribution in [-0.4, -0.2) is 22.2 Å². The second-order valence-corrected chi connectivity index (χ2v) is 10.3. The third-order valence-corrected chi connectivity index (χ3v) is 5.78. The van der Waals surface area contributed by atoms with Gasteiger partial charge in [-0.3, -0.25) is 9.59 Å². The van der Waals surface area contributed by atoms with Crippen molar-refractivity contribution >= 4 is 11.9 Å². The van der Waals surface area contributed by atoms with Gasteiger partial charge >= 0.3 is 11.9 Å². The van der Waals surface area contributed by atoms with Crippen LogP contribution in [0.2, 0.25) is 0 Å². The van der Waals surface area contributed by atoms with Gasteiger partial charge in [-0.2, -0.15) is 0 Å². The molecule has 0 aliphatic heterocycles. The third-order valence-electron chi connectivity index (χ3n) is 5.78. The number of carboxylic acids is 2. The molecule has 24 heavy (non-hydrogen) atoms. The van der Waals surface area contributed by atoms with Gasteiger partial charge in [0.05, 0.1) is 10.8 Å². The quantitative estimate of drug-likeness (QED) is 0.657. The molecule has 0 saturated carbocycles. The lowest BCUT2D eigenvalue weighted by molar-refractivity contribution is -0.184. The van der Waals surface area contributed by atoms with E-state index in [0.717, 1.165) is 0 Å². The molecule has 0 heterocycles. The van der Waals surface area contributed by atoms with E-state index in [1.165, 1.54) is 0 Å². The van der Waals surface area contributed by atoms with Crippen molar-refractivity contribution < 1.29 is 19.8 Å². The lowest BCUT2D eigenvalue weighted by Gasteiger charge is -2.49. The maximum Gasteiger partial charge on any atom is 0.310 e. The van der Waals surface area contributed by atoms with Crippen LogP contribution in [0.15, 0.2) is 0 Å². The molecule has 4 heteroatoms. The zero-order chi connectivity index (χ0) is 19.7. The molecule has 0 amide bonds. The molecule has 0 aromatic heterocycles. The van der Waals surface area contributed by atoms with Crippen LogP contribution in [0.4, 0.5) is 0 Å². The van der Waals surface area contributed by atoms with Gasteiger partial charge in [0.1, 0.15) is 0 Å². The number of aliphatic carboxylic acids is 2. The highest BCUT2D eigenvalue weighted by Crippen LogP contribution is 2.54. The third kappa shape index (κ3) is 4.73. The molecule has 142 valence electrons. The molecular weight excluding hydrogens is 304 g/mol. The summed E-state index contributed by atoms with van der Waals surface area (Å²) in [5.41, 5.74) is -2.83. The molecule has 0 spiro atoms. The van der Waals surface area contributed by atoms with Crippen molar-refractivity contribution in [3.05, 3.63) is 0 Å². The van der Waals surface area contributed by atoms with Crippen LogP contribution in [0.5, 0.6) is 0 Å². The minimum Gasteiger partial charge on any atom is -0.481 e. The molecule has 0 rings (SSSR count). The van der Waals surface area contributed by atoms with Crippen molar-refractivity contribution in [2.24, 2.45) is 33.5 Å². The lowest BCUT2D eigenvalue weighted by atomic mass is 9.51. The molecule has 0 radical (unpaired) electrons. The first-order chi connectivity index (χ1) is 10.4. The molecule has 0 saturated heterocycles. The maximum atomic E-state index is 12.3. The molecular formula is C20H38O4. The fourth-order valence-corrected chi connectivity index (χ4v) is 4.13. The number of carbonyl (C=O) groups is 2.